The van der Waals surface area contributed by atoms with E-state index in [0.717, 1.165) is 35.7 Å². The fourth-order valence-corrected chi connectivity index (χ4v) is 5.79. The molecular weight excluding hydrogens is 534 g/mol. The quantitative estimate of drug-likeness (QED) is 0.122. The van der Waals surface area contributed by atoms with Crippen molar-refractivity contribution in [1.82, 2.24) is 10.4 Å². The molecule has 1 aliphatic rings. The molecule has 0 saturated carbocycles. The number of aliphatic carboxylic acids is 1. The first-order valence-corrected chi connectivity index (χ1v) is 14.9. The zero-order valence-corrected chi connectivity index (χ0v) is 25.9. The Morgan fingerprint density at radius 2 is 1.90 bits per heavy atom. The number of nitrogens with one attached hydrogen (secondary N) is 1. The number of aliphatic hydroxyl groups is 2. The van der Waals surface area contributed by atoms with Gasteiger partial charge in [-0.15, -0.1) is 11.3 Å². The SMILES string of the molecule is CC(=O)N/N=C(\CC1OC1(C)CCCC(C)C(O)C(C)C(=O)C(C)(C)C(O)CC(=O)O)C(C)Cc1csc(C)n1. The Bertz CT molecular complexity index is 1070. The third kappa shape index (κ3) is 9.43. The van der Waals surface area contributed by atoms with Crippen LogP contribution < -0.4 is 5.43 Å². The van der Waals surface area contributed by atoms with Gasteiger partial charge in [0, 0.05) is 36.3 Å². The van der Waals surface area contributed by atoms with E-state index in [4.69, 9.17) is 9.84 Å². The van der Waals surface area contributed by atoms with E-state index in [1.807, 2.05) is 19.2 Å². The minimum atomic E-state index is -1.33. The second kappa shape index (κ2) is 14.1. The average molecular weight is 582 g/mol. The number of aryl methyl sites for hydroxylation is 1. The molecule has 2 heterocycles. The summed E-state index contributed by atoms with van der Waals surface area (Å²) < 4.78 is 6.08. The Labute approximate surface area is 241 Å². The van der Waals surface area contributed by atoms with Crippen LogP contribution in [0.25, 0.3) is 0 Å². The number of thiazole rings is 1. The van der Waals surface area contributed by atoms with Crippen LogP contribution in [0.5, 0.6) is 0 Å². The van der Waals surface area contributed by atoms with Crippen molar-refractivity contribution in [3.8, 4) is 0 Å². The second-order valence-electron chi connectivity index (χ2n) is 12.2. The van der Waals surface area contributed by atoms with Crippen molar-refractivity contribution in [3.05, 3.63) is 16.1 Å². The van der Waals surface area contributed by atoms with Crippen LogP contribution in [-0.4, -0.2) is 67.6 Å². The lowest BCUT2D eigenvalue weighted by atomic mass is 9.73. The Morgan fingerprint density at radius 3 is 2.45 bits per heavy atom. The molecule has 1 aromatic rings. The van der Waals surface area contributed by atoms with Crippen molar-refractivity contribution >= 4 is 34.7 Å². The number of aliphatic hydroxyl groups excluding tert-OH is 2. The lowest BCUT2D eigenvalue weighted by Gasteiger charge is -2.34. The molecule has 1 aromatic heterocycles. The number of epoxide rings is 1. The summed E-state index contributed by atoms with van der Waals surface area (Å²) in [4.78, 5) is 40.1. The minimum absolute atomic E-state index is 0.0307. The molecule has 1 fully saturated rings. The van der Waals surface area contributed by atoms with Crippen molar-refractivity contribution in [2.45, 2.75) is 118 Å². The molecule has 226 valence electrons. The Hall–Kier alpha value is -2.21. The maximum absolute atomic E-state index is 13.0. The normalized spacial score (nSPS) is 23.1. The number of rotatable bonds is 17. The number of carboxylic acid groups (broad SMARTS) is 1. The van der Waals surface area contributed by atoms with Crippen LogP contribution in [0, 0.1) is 30.1 Å². The summed E-state index contributed by atoms with van der Waals surface area (Å²) in [6, 6.07) is 0. The van der Waals surface area contributed by atoms with Crippen molar-refractivity contribution in [2.24, 2.45) is 28.3 Å². The summed E-state index contributed by atoms with van der Waals surface area (Å²) >= 11 is 1.61. The van der Waals surface area contributed by atoms with Crippen LogP contribution in [0.3, 0.4) is 0 Å². The van der Waals surface area contributed by atoms with Crippen molar-refractivity contribution in [2.75, 3.05) is 0 Å². The molecule has 4 N–H and O–H groups in total. The molecule has 7 atom stereocenters. The molecule has 1 amide bonds. The number of hydrazone groups is 1. The molecule has 0 radical (unpaired) electrons. The Morgan fingerprint density at radius 1 is 1.25 bits per heavy atom. The molecular formula is C29H47N3O7S. The maximum atomic E-state index is 13.0. The smallest absolute Gasteiger partial charge is 0.306 e. The topological polar surface area (TPSA) is 162 Å². The monoisotopic (exact) mass is 581 g/mol. The third-order valence-electron chi connectivity index (χ3n) is 8.22. The van der Waals surface area contributed by atoms with Gasteiger partial charge in [-0.05, 0) is 39.0 Å². The van der Waals surface area contributed by atoms with Gasteiger partial charge in [-0.25, -0.2) is 10.4 Å². The molecule has 7 unspecified atom stereocenters. The van der Waals surface area contributed by atoms with Gasteiger partial charge in [0.2, 0.25) is 5.91 Å². The summed E-state index contributed by atoms with van der Waals surface area (Å²) in [5.74, 6) is -2.61. The molecule has 2 rings (SSSR count). The van der Waals surface area contributed by atoms with E-state index in [9.17, 15) is 24.6 Å². The van der Waals surface area contributed by atoms with Crippen LogP contribution in [0.15, 0.2) is 10.5 Å². The van der Waals surface area contributed by atoms with E-state index < -0.39 is 35.9 Å². The third-order valence-corrected chi connectivity index (χ3v) is 9.04. The van der Waals surface area contributed by atoms with Crippen LogP contribution in [0.4, 0.5) is 0 Å². The van der Waals surface area contributed by atoms with E-state index in [2.05, 4.69) is 29.4 Å². The molecule has 40 heavy (non-hydrogen) atoms. The average Bonchev–Trinajstić information content (AvgIpc) is 3.31. The highest BCUT2D eigenvalue weighted by atomic mass is 32.1. The van der Waals surface area contributed by atoms with Gasteiger partial charge in [0.1, 0.15) is 5.78 Å². The Balaban J connectivity index is 1.90. The van der Waals surface area contributed by atoms with Crippen LogP contribution >= 0.6 is 11.3 Å². The van der Waals surface area contributed by atoms with E-state index in [1.165, 1.54) is 20.8 Å². The summed E-state index contributed by atoms with van der Waals surface area (Å²) in [6.07, 6.45) is 0.735. The van der Waals surface area contributed by atoms with Crippen LogP contribution in [0.1, 0.15) is 91.3 Å². The van der Waals surface area contributed by atoms with Gasteiger partial charge < -0.3 is 20.1 Å². The number of amides is 1. The largest absolute Gasteiger partial charge is 0.481 e. The van der Waals surface area contributed by atoms with Gasteiger partial charge in [0.05, 0.1) is 46.5 Å². The summed E-state index contributed by atoms with van der Waals surface area (Å²) in [6.45, 7) is 14.1. The number of ketones is 1. The number of hydrogen-bond donors (Lipinski definition) is 4. The highest BCUT2D eigenvalue weighted by molar-refractivity contribution is 7.09. The van der Waals surface area contributed by atoms with Gasteiger partial charge in [0.15, 0.2) is 0 Å². The fourth-order valence-electron chi connectivity index (χ4n) is 5.16. The molecule has 0 aromatic carbocycles. The summed E-state index contributed by atoms with van der Waals surface area (Å²) in [5, 5.41) is 37.6. The molecule has 11 heteroatoms. The number of ether oxygens (including phenoxy) is 1. The fraction of sp³-hybridized carbons (Fsp3) is 0.759. The first-order valence-electron chi connectivity index (χ1n) is 14.0. The van der Waals surface area contributed by atoms with Crippen molar-refractivity contribution in [3.63, 3.8) is 0 Å². The molecule has 1 saturated heterocycles. The zero-order chi connectivity index (χ0) is 30.4. The van der Waals surface area contributed by atoms with E-state index in [-0.39, 0.29) is 35.2 Å². The van der Waals surface area contributed by atoms with Crippen LogP contribution in [0.2, 0.25) is 0 Å². The molecule has 0 bridgehead atoms. The number of aromatic nitrogens is 1. The van der Waals surface area contributed by atoms with Gasteiger partial charge in [-0.3, -0.25) is 14.4 Å². The Kier molecular flexibility index (Phi) is 12.0. The standard InChI is InChI=1S/C29H47N3O7S/c1-16(26(37)18(3)27(38)28(6,7)23(34)14-25(35)36)10-9-11-29(8)24(39-29)13-22(32-31-19(4)33)17(2)12-21-15-40-20(5)30-21/h15-18,23-24,26,34,37H,9-14H2,1-8H3,(H,31,33)(H,35,36)/b32-22+. The van der Waals surface area contributed by atoms with Gasteiger partial charge in [0.25, 0.3) is 0 Å². The van der Waals surface area contributed by atoms with Crippen molar-refractivity contribution < 1.29 is 34.4 Å². The van der Waals surface area contributed by atoms with Gasteiger partial charge in [-0.2, -0.15) is 5.10 Å². The highest BCUT2D eigenvalue weighted by Gasteiger charge is 2.52. The minimum Gasteiger partial charge on any atom is -0.481 e. The van der Waals surface area contributed by atoms with E-state index >= 15 is 0 Å². The number of carbonyl (C=O) groups is 3. The lowest BCUT2D eigenvalue weighted by Crippen LogP contribution is -2.45. The lowest BCUT2D eigenvalue weighted by molar-refractivity contribution is -0.147. The van der Waals surface area contributed by atoms with Crippen LogP contribution in [-0.2, 0) is 25.5 Å². The predicted octanol–water partition coefficient (Wildman–Crippen LogP) is 3.90. The predicted molar refractivity (Wildman–Crippen MR) is 154 cm³/mol. The summed E-state index contributed by atoms with van der Waals surface area (Å²) in [5.41, 5.74) is 2.82. The van der Waals surface area contributed by atoms with Crippen molar-refractivity contribution in [1.29, 1.82) is 0 Å². The maximum Gasteiger partial charge on any atom is 0.306 e. The number of hydrogen-bond acceptors (Lipinski definition) is 9. The summed E-state index contributed by atoms with van der Waals surface area (Å²) in [7, 11) is 0. The zero-order valence-electron chi connectivity index (χ0n) is 25.1. The molecule has 1 aliphatic heterocycles. The molecule has 0 spiro atoms. The first-order chi connectivity index (χ1) is 18.5. The number of carbonyl (C=O) groups excluding carboxylic acids is 2. The van der Waals surface area contributed by atoms with E-state index in [1.54, 1.807) is 18.3 Å². The first kappa shape index (κ1) is 34.0. The molecule has 10 nitrogen and oxygen atoms in total. The van der Waals surface area contributed by atoms with Gasteiger partial charge >= 0.3 is 5.97 Å². The van der Waals surface area contributed by atoms with Gasteiger partial charge in [-0.1, -0.05) is 41.0 Å². The number of carboxylic acids is 1. The number of nitrogens with zero attached hydrogens (tertiary/aromatic N) is 2. The second-order valence-corrected chi connectivity index (χ2v) is 13.3. The molecule has 0 aliphatic carbocycles. The highest BCUT2D eigenvalue weighted by Crippen LogP contribution is 2.44. The number of Topliss-reactive ketones (excluding diaryl/α,β-unsaturated/α-hetero) is 1. The van der Waals surface area contributed by atoms with E-state index in [0.29, 0.717) is 12.8 Å².